The summed E-state index contributed by atoms with van der Waals surface area (Å²) in [6.07, 6.45) is 1.13. The number of nitrogens with one attached hydrogen (secondary N) is 1. The highest BCUT2D eigenvalue weighted by atomic mass is 16.5. The fourth-order valence-electron chi connectivity index (χ4n) is 2.28. The zero-order chi connectivity index (χ0) is 14.8. The van der Waals surface area contributed by atoms with Crippen LogP contribution >= 0.6 is 0 Å². The number of hydrogen-bond acceptors (Lipinski definition) is 4. The van der Waals surface area contributed by atoms with Crippen LogP contribution < -0.4 is 16.0 Å². The first-order valence-corrected chi connectivity index (χ1v) is 6.88. The second-order valence-electron chi connectivity index (χ2n) is 5.62. The zero-order valence-corrected chi connectivity index (χ0v) is 12.4. The monoisotopic (exact) mass is 277 g/mol. The maximum Gasteiger partial charge on any atom is 0.244 e. The minimum Gasteiger partial charge on any atom is -0.381 e. The van der Waals surface area contributed by atoms with Crippen molar-refractivity contribution in [3.63, 3.8) is 0 Å². The summed E-state index contributed by atoms with van der Waals surface area (Å²) >= 11 is 0. The van der Waals surface area contributed by atoms with Crippen LogP contribution in [0, 0.1) is 6.92 Å². The van der Waals surface area contributed by atoms with Crippen molar-refractivity contribution >= 4 is 17.3 Å². The Balaban J connectivity index is 2.11. The van der Waals surface area contributed by atoms with Gasteiger partial charge in [0.15, 0.2) is 0 Å². The molecule has 0 spiro atoms. The number of carbonyl (C=O) groups excluding carboxylic acids is 1. The van der Waals surface area contributed by atoms with E-state index in [2.05, 4.69) is 5.32 Å². The SMILES string of the molecule is Cc1cc(N(C)C)ccc1NC(=O)C1(N)CCOCC1. The van der Waals surface area contributed by atoms with Crippen LogP contribution in [0.4, 0.5) is 11.4 Å². The molecule has 20 heavy (non-hydrogen) atoms. The Bertz CT molecular complexity index is 494. The second-order valence-corrected chi connectivity index (χ2v) is 5.62. The first-order chi connectivity index (χ1) is 9.42. The smallest absolute Gasteiger partial charge is 0.244 e. The first-order valence-electron chi connectivity index (χ1n) is 6.88. The Morgan fingerprint density at radius 1 is 1.35 bits per heavy atom. The van der Waals surface area contributed by atoms with Crippen LogP contribution in [0.3, 0.4) is 0 Å². The Hall–Kier alpha value is -1.59. The Morgan fingerprint density at radius 3 is 2.55 bits per heavy atom. The molecule has 1 saturated heterocycles. The summed E-state index contributed by atoms with van der Waals surface area (Å²) < 4.78 is 5.27. The maximum absolute atomic E-state index is 12.4. The highest BCUT2D eigenvalue weighted by Gasteiger charge is 2.36. The fraction of sp³-hybridized carbons (Fsp3) is 0.533. The number of nitrogens with two attached hydrogens (primary N) is 1. The predicted octanol–water partition coefficient (Wildman–Crippen LogP) is 1.51. The fourth-order valence-corrected chi connectivity index (χ4v) is 2.28. The molecule has 110 valence electrons. The second kappa shape index (κ2) is 5.81. The number of hydrogen-bond donors (Lipinski definition) is 2. The van der Waals surface area contributed by atoms with E-state index in [9.17, 15) is 4.79 Å². The molecule has 5 nitrogen and oxygen atoms in total. The zero-order valence-electron chi connectivity index (χ0n) is 12.4. The van der Waals surface area contributed by atoms with E-state index in [1.807, 2.05) is 44.1 Å². The molecule has 1 fully saturated rings. The van der Waals surface area contributed by atoms with Crippen molar-refractivity contribution in [2.45, 2.75) is 25.3 Å². The van der Waals surface area contributed by atoms with Crippen LogP contribution in [0.2, 0.25) is 0 Å². The van der Waals surface area contributed by atoms with Crippen molar-refractivity contribution in [2.75, 3.05) is 37.5 Å². The summed E-state index contributed by atoms with van der Waals surface area (Å²) in [7, 11) is 3.98. The molecular formula is C15H23N3O2. The Kier molecular flexibility index (Phi) is 4.30. The lowest BCUT2D eigenvalue weighted by Gasteiger charge is -2.32. The summed E-state index contributed by atoms with van der Waals surface area (Å²) in [4.78, 5) is 14.4. The van der Waals surface area contributed by atoms with Crippen molar-refractivity contribution in [1.82, 2.24) is 0 Å². The van der Waals surface area contributed by atoms with Gasteiger partial charge in [0.25, 0.3) is 0 Å². The highest BCUT2D eigenvalue weighted by molar-refractivity contribution is 5.98. The molecule has 1 aliphatic heterocycles. The van der Waals surface area contributed by atoms with Gasteiger partial charge in [0.2, 0.25) is 5.91 Å². The number of carbonyl (C=O) groups is 1. The van der Waals surface area contributed by atoms with E-state index < -0.39 is 5.54 Å². The Morgan fingerprint density at radius 2 is 2.00 bits per heavy atom. The summed E-state index contributed by atoms with van der Waals surface area (Å²) in [6, 6.07) is 5.95. The molecule has 2 rings (SSSR count). The normalized spacial score (nSPS) is 17.6. The van der Waals surface area contributed by atoms with Gasteiger partial charge < -0.3 is 20.7 Å². The minimum absolute atomic E-state index is 0.124. The molecule has 0 atom stereocenters. The lowest BCUT2D eigenvalue weighted by molar-refractivity contribution is -0.124. The van der Waals surface area contributed by atoms with Crippen molar-refractivity contribution in [1.29, 1.82) is 0 Å². The molecular weight excluding hydrogens is 254 g/mol. The van der Waals surface area contributed by atoms with Gasteiger partial charge in [-0.3, -0.25) is 4.79 Å². The summed E-state index contributed by atoms with van der Waals surface area (Å²) in [6.45, 7) is 3.07. The van der Waals surface area contributed by atoms with Crippen LogP contribution in [-0.2, 0) is 9.53 Å². The Labute approximate surface area is 120 Å². The van der Waals surface area contributed by atoms with E-state index in [0.29, 0.717) is 26.1 Å². The van der Waals surface area contributed by atoms with Gasteiger partial charge in [-0.15, -0.1) is 0 Å². The van der Waals surface area contributed by atoms with Gasteiger partial charge in [-0.2, -0.15) is 0 Å². The number of ether oxygens (including phenoxy) is 1. The molecule has 1 aromatic rings. The molecule has 1 aromatic carbocycles. The molecule has 0 saturated carbocycles. The van der Waals surface area contributed by atoms with Crippen molar-refractivity contribution in [3.8, 4) is 0 Å². The average Bonchev–Trinajstić information content (AvgIpc) is 2.41. The maximum atomic E-state index is 12.4. The molecule has 3 N–H and O–H groups in total. The number of nitrogens with zero attached hydrogens (tertiary/aromatic N) is 1. The van der Waals surface area contributed by atoms with Crippen molar-refractivity contribution < 1.29 is 9.53 Å². The van der Waals surface area contributed by atoms with Gasteiger partial charge in [-0.05, 0) is 43.5 Å². The largest absolute Gasteiger partial charge is 0.381 e. The van der Waals surface area contributed by atoms with E-state index in [-0.39, 0.29) is 5.91 Å². The van der Waals surface area contributed by atoms with E-state index in [4.69, 9.17) is 10.5 Å². The van der Waals surface area contributed by atoms with Crippen LogP contribution in [0.15, 0.2) is 18.2 Å². The topological polar surface area (TPSA) is 67.6 Å². The van der Waals surface area contributed by atoms with E-state index in [1.165, 1.54) is 0 Å². The minimum atomic E-state index is -0.815. The molecule has 1 amide bonds. The van der Waals surface area contributed by atoms with Crippen LogP contribution in [0.1, 0.15) is 18.4 Å². The van der Waals surface area contributed by atoms with Crippen LogP contribution in [0.25, 0.3) is 0 Å². The third-order valence-electron chi connectivity index (χ3n) is 3.81. The molecule has 1 heterocycles. The molecule has 0 aliphatic carbocycles. The van der Waals surface area contributed by atoms with Gasteiger partial charge in [-0.1, -0.05) is 0 Å². The van der Waals surface area contributed by atoms with Crippen molar-refractivity contribution in [3.05, 3.63) is 23.8 Å². The summed E-state index contributed by atoms with van der Waals surface area (Å²) in [5, 5.41) is 2.95. The van der Waals surface area contributed by atoms with Gasteiger partial charge in [-0.25, -0.2) is 0 Å². The lowest BCUT2D eigenvalue weighted by atomic mass is 9.90. The molecule has 0 unspecified atom stereocenters. The summed E-state index contributed by atoms with van der Waals surface area (Å²) in [5.74, 6) is -0.124. The van der Waals surface area contributed by atoms with E-state index in [1.54, 1.807) is 0 Å². The number of aryl methyl sites for hydroxylation is 1. The van der Waals surface area contributed by atoms with E-state index >= 15 is 0 Å². The average molecular weight is 277 g/mol. The standard InChI is InChI=1S/C15H23N3O2/c1-11-10-12(18(2)3)4-5-13(11)17-14(19)15(16)6-8-20-9-7-15/h4-5,10H,6-9,16H2,1-3H3,(H,17,19). The van der Waals surface area contributed by atoms with Gasteiger partial charge in [0, 0.05) is 38.7 Å². The predicted molar refractivity (Wildman–Crippen MR) is 81.1 cm³/mol. The number of benzene rings is 1. The number of rotatable bonds is 3. The van der Waals surface area contributed by atoms with Gasteiger partial charge in [0.05, 0.1) is 0 Å². The lowest BCUT2D eigenvalue weighted by Crippen LogP contribution is -2.54. The molecule has 1 aliphatic rings. The summed E-state index contributed by atoms with van der Waals surface area (Å²) in [5.41, 5.74) is 8.31. The van der Waals surface area contributed by atoms with Crippen LogP contribution in [-0.4, -0.2) is 38.8 Å². The van der Waals surface area contributed by atoms with Gasteiger partial charge in [0.1, 0.15) is 5.54 Å². The van der Waals surface area contributed by atoms with Crippen LogP contribution in [0.5, 0.6) is 0 Å². The quantitative estimate of drug-likeness (QED) is 0.879. The highest BCUT2D eigenvalue weighted by Crippen LogP contribution is 2.24. The number of anilines is 2. The molecule has 0 bridgehead atoms. The third-order valence-corrected chi connectivity index (χ3v) is 3.81. The molecule has 5 heteroatoms. The van der Waals surface area contributed by atoms with E-state index in [0.717, 1.165) is 16.9 Å². The molecule has 0 aromatic heterocycles. The third kappa shape index (κ3) is 3.11. The van der Waals surface area contributed by atoms with Gasteiger partial charge >= 0.3 is 0 Å². The number of amides is 1. The van der Waals surface area contributed by atoms with Crippen molar-refractivity contribution in [2.24, 2.45) is 5.73 Å². The molecule has 0 radical (unpaired) electrons. The first kappa shape index (κ1) is 14.8.